The monoisotopic (exact) mass is 577 g/mol. The van der Waals surface area contributed by atoms with Crippen molar-refractivity contribution in [3.8, 4) is 0 Å². The van der Waals surface area contributed by atoms with Gasteiger partial charge < -0.3 is 23.7 Å². The second kappa shape index (κ2) is 13.8. The van der Waals surface area contributed by atoms with Crippen LogP contribution in [0.15, 0.2) is 91.0 Å². The molecule has 202 valence electrons. The van der Waals surface area contributed by atoms with E-state index in [1.807, 2.05) is 97.9 Å². The first-order valence-corrected chi connectivity index (χ1v) is 13.4. The maximum atomic E-state index is 8.15. The molecule has 3 aromatic carbocycles. The lowest BCUT2D eigenvalue weighted by atomic mass is 9.98. The smallest absolute Gasteiger partial charge is 0.265 e. The Balaban J connectivity index is 1.61. The van der Waals surface area contributed by atoms with Gasteiger partial charge in [0.25, 0.3) is 3.79 Å². The lowest BCUT2D eigenvalue weighted by molar-refractivity contribution is -0.304. The van der Waals surface area contributed by atoms with E-state index in [9.17, 15) is 0 Å². The standard InChI is InChI=1S/C29H30Cl3NO5/c1-20-24(34-17-21-11-5-2-6-12-21)25(35-18-22-13-7-3-8-14-22)26(36-19-23-15-9-4-10-16-23)27(37-20)38-28(33)29(30,31)32/h2-16,20,24-27,33H,17-19H2,1H3/t20-,24-,25+,26+,27-/m1/s1. The molecule has 4 rings (SSSR count). The second-order valence-electron chi connectivity index (χ2n) is 8.94. The summed E-state index contributed by atoms with van der Waals surface area (Å²) >= 11 is 17.7. The fraction of sp³-hybridized carbons (Fsp3) is 0.345. The van der Waals surface area contributed by atoms with Crippen molar-refractivity contribution in [2.75, 3.05) is 0 Å². The Morgan fingerprint density at radius 2 is 1.08 bits per heavy atom. The minimum atomic E-state index is -2.06. The predicted molar refractivity (Wildman–Crippen MR) is 148 cm³/mol. The van der Waals surface area contributed by atoms with Crippen molar-refractivity contribution in [2.45, 2.75) is 61.2 Å². The zero-order chi connectivity index (χ0) is 27.0. The van der Waals surface area contributed by atoms with Crippen LogP contribution in [0.4, 0.5) is 0 Å². The summed E-state index contributed by atoms with van der Waals surface area (Å²) in [6, 6.07) is 29.4. The van der Waals surface area contributed by atoms with Crippen molar-refractivity contribution in [1.29, 1.82) is 5.41 Å². The van der Waals surface area contributed by atoms with Gasteiger partial charge in [0.2, 0.25) is 12.2 Å². The maximum Gasteiger partial charge on any atom is 0.265 e. The first-order chi connectivity index (χ1) is 18.3. The van der Waals surface area contributed by atoms with Gasteiger partial charge in [0.05, 0.1) is 25.9 Å². The highest BCUT2D eigenvalue weighted by Gasteiger charge is 2.49. The molecular weight excluding hydrogens is 549 g/mol. The van der Waals surface area contributed by atoms with Crippen molar-refractivity contribution in [2.24, 2.45) is 0 Å². The molecule has 0 spiro atoms. The van der Waals surface area contributed by atoms with E-state index >= 15 is 0 Å². The Hall–Kier alpha value is -2.16. The van der Waals surface area contributed by atoms with Gasteiger partial charge in [-0.05, 0) is 23.6 Å². The lowest BCUT2D eigenvalue weighted by Gasteiger charge is -2.45. The van der Waals surface area contributed by atoms with Crippen LogP contribution >= 0.6 is 34.8 Å². The van der Waals surface area contributed by atoms with Crippen LogP contribution in [0.5, 0.6) is 0 Å². The summed E-state index contributed by atoms with van der Waals surface area (Å²) in [6.45, 7) is 2.77. The van der Waals surface area contributed by atoms with E-state index in [0.29, 0.717) is 13.2 Å². The second-order valence-corrected chi connectivity index (χ2v) is 11.2. The summed E-state index contributed by atoms with van der Waals surface area (Å²) in [5, 5.41) is 8.15. The highest BCUT2D eigenvalue weighted by molar-refractivity contribution is 6.76. The Morgan fingerprint density at radius 1 is 0.684 bits per heavy atom. The summed E-state index contributed by atoms with van der Waals surface area (Å²) in [6.07, 6.45) is -3.50. The number of benzene rings is 3. The van der Waals surface area contributed by atoms with Gasteiger partial charge in [-0.3, -0.25) is 5.41 Å². The minimum Gasteiger partial charge on any atom is -0.445 e. The molecule has 0 bridgehead atoms. The third-order valence-electron chi connectivity index (χ3n) is 6.07. The molecule has 38 heavy (non-hydrogen) atoms. The average Bonchev–Trinajstić information content (AvgIpc) is 2.92. The summed E-state index contributed by atoms with van der Waals surface area (Å²) in [4.78, 5) is 0. The topological polar surface area (TPSA) is 70.0 Å². The number of halogens is 3. The molecule has 1 heterocycles. The highest BCUT2D eigenvalue weighted by Crippen LogP contribution is 2.34. The van der Waals surface area contributed by atoms with E-state index < -0.39 is 40.4 Å². The molecular formula is C29H30Cl3NO5. The fourth-order valence-corrected chi connectivity index (χ4v) is 4.28. The zero-order valence-corrected chi connectivity index (χ0v) is 23.1. The molecule has 0 unspecified atom stereocenters. The average molecular weight is 579 g/mol. The molecule has 0 amide bonds. The summed E-state index contributed by atoms with van der Waals surface area (Å²) < 4.78 is 29.0. The first-order valence-electron chi connectivity index (χ1n) is 12.3. The van der Waals surface area contributed by atoms with Crippen molar-refractivity contribution >= 4 is 40.7 Å². The van der Waals surface area contributed by atoms with E-state index in [1.165, 1.54) is 0 Å². The van der Waals surface area contributed by atoms with Crippen molar-refractivity contribution < 1.29 is 23.7 Å². The molecule has 6 nitrogen and oxygen atoms in total. The maximum absolute atomic E-state index is 8.15. The molecule has 5 atom stereocenters. The normalized spacial score (nSPS) is 23.6. The first kappa shape index (κ1) is 28.8. The largest absolute Gasteiger partial charge is 0.445 e. The molecule has 0 aromatic heterocycles. The third kappa shape index (κ3) is 8.17. The fourth-order valence-electron chi connectivity index (χ4n) is 4.15. The van der Waals surface area contributed by atoms with Crippen LogP contribution in [0, 0.1) is 5.41 Å². The molecule has 1 fully saturated rings. The number of rotatable bonds is 10. The van der Waals surface area contributed by atoms with Gasteiger partial charge in [-0.1, -0.05) is 126 Å². The Bertz CT molecular complexity index is 1130. The van der Waals surface area contributed by atoms with Crippen LogP contribution in [-0.2, 0) is 43.5 Å². The zero-order valence-electron chi connectivity index (χ0n) is 20.8. The Morgan fingerprint density at radius 3 is 1.50 bits per heavy atom. The molecule has 1 aliphatic heterocycles. The van der Waals surface area contributed by atoms with Gasteiger partial charge in [-0.2, -0.15) is 0 Å². The molecule has 1 aliphatic rings. The number of hydrogen-bond acceptors (Lipinski definition) is 6. The third-order valence-corrected chi connectivity index (χ3v) is 6.59. The van der Waals surface area contributed by atoms with Crippen molar-refractivity contribution in [3.63, 3.8) is 0 Å². The molecule has 3 aromatic rings. The van der Waals surface area contributed by atoms with Crippen LogP contribution in [0.25, 0.3) is 0 Å². The van der Waals surface area contributed by atoms with Crippen LogP contribution in [0.2, 0.25) is 0 Å². The van der Waals surface area contributed by atoms with Crippen LogP contribution in [0.1, 0.15) is 23.6 Å². The molecule has 1 N–H and O–H groups in total. The summed E-state index contributed by atoms with van der Waals surface area (Å²) in [5.41, 5.74) is 2.95. The van der Waals surface area contributed by atoms with E-state index in [-0.39, 0.29) is 6.61 Å². The lowest BCUT2D eigenvalue weighted by Crippen LogP contribution is -2.60. The Labute approximate surface area is 238 Å². The van der Waals surface area contributed by atoms with Crippen LogP contribution in [0.3, 0.4) is 0 Å². The molecule has 1 saturated heterocycles. The van der Waals surface area contributed by atoms with E-state index in [2.05, 4.69) is 0 Å². The molecule has 0 radical (unpaired) electrons. The SMILES string of the molecule is C[C@H]1O[C@H](OC(=N)C(Cl)(Cl)Cl)[C@@H](OCc2ccccc2)[C@@H](OCc2ccccc2)[C@@H]1OCc1ccccc1. The molecule has 0 aliphatic carbocycles. The number of ether oxygens (including phenoxy) is 5. The minimum absolute atomic E-state index is 0.251. The molecule has 0 saturated carbocycles. The van der Waals surface area contributed by atoms with Gasteiger partial charge in [-0.25, -0.2) is 0 Å². The Kier molecular flexibility index (Phi) is 10.4. The van der Waals surface area contributed by atoms with E-state index in [0.717, 1.165) is 16.7 Å². The predicted octanol–water partition coefficient (Wildman–Crippen LogP) is 6.85. The van der Waals surface area contributed by atoms with E-state index in [1.54, 1.807) is 0 Å². The van der Waals surface area contributed by atoms with Crippen molar-refractivity contribution in [3.05, 3.63) is 108 Å². The van der Waals surface area contributed by atoms with Gasteiger partial charge in [0.15, 0.2) is 0 Å². The van der Waals surface area contributed by atoms with E-state index in [4.69, 9.17) is 63.9 Å². The highest BCUT2D eigenvalue weighted by atomic mass is 35.6. The number of alkyl halides is 3. The number of nitrogens with one attached hydrogen (secondary N) is 1. The van der Waals surface area contributed by atoms with Gasteiger partial charge in [0, 0.05) is 0 Å². The van der Waals surface area contributed by atoms with Crippen molar-refractivity contribution in [1.82, 2.24) is 0 Å². The quantitative estimate of drug-likeness (QED) is 0.162. The van der Waals surface area contributed by atoms with Gasteiger partial charge >= 0.3 is 0 Å². The van der Waals surface area contributed by atoms with Gasteiger partial charge in [-0.15, -0.1) is 0 Å². The van der Waals surface area contributed by atoms with Crippen LogP contribution < -0.4 is 0 Å². The van der Waals surface area contributed by atoms with Gasteiger partial charge in [0.1, 0.15) is 18.3 Å². The number of hydrogen-bond donors (Lipinski definition) is 1. The summed E-state index contributed by atoms with van der Waals surface area (Å²) in [7, 11) is 0. The van der Waals surface area contributed by atoms with Crippen LogP contribution in [-0.4, -0.2) is 40.4 Å². The summed E-state index contributed by atoms with van der Waals surface area (Å²) in [5.74, 6) is -0.571. The molecule has 9 heteroatoms.